The number of alkyl halides is 3. The van der Waals surface area contributed by atoms with E-state index in [2.05, 4.69) is 5.32 Å². The Kier molecular flexibility index (Phi) is 7.68. The number of rotatable bonds is 7. The Morgan fingerprint density at radius 2 is 1.82 bits per heavy atom. The van der Waals surface area contributed by atoms with Crippen molar-refractivity contribution < 1.29 is 31.9 Å². The van der Waals surface area contributed by atoms with Crippen LogP contribution < -0.4 is 20.2 Å². The standard InChI is InChI=1S/C28H23ClF3NO5/c1-15(2)19-6-4-5-7-22(19)37-26-25(35)20-10-9-18(13-23(20)38-27(26)28(30,31)32)36-14-24(34)33-21-11-8-17(29)12-16(21)3/h4-13,15H,14H2,1-3H3,(H,33,34). The Labute approximate surface area is 220 Å². The van der Waals surface area contributed by atoms with Gasteiger partial charge >= 0.3 is 6.18 Å². The minimum Gasteiger partial charge on any atom is -0.484 e. The fraction of sp³-hybridized carbons (Fsp3) is 0.214. The summed E-state index contributed by atoms with van der Waals surface area (Å²) < 4.78 is 57.9. The van der Waals surface area contributed by atoms with E-state index in [1.807, 2.05) is 13.8 Å². The van der Waals surface area contributed by atoms with Crippen LogP contribution in [0.2, 0.25) is 5.02 Å². The van der Waals surface area contributed by atoms with E-state index in [9.17, 15) is 22.8 Å². The van der Waals surface area contributed by atoms with Crippen LogP contribution in [0, 0.1) is 6.92 Å². The molecule has 3 aromatic carbocycles. The zero-order valence-corrected chi connectivity index (χ0v) is 21.4. The van der Waals surface area contributed by atoms with Gasteiger partial charge in [0.1, 0.15) is 17.1 Å². The highest BCUT2D eigenvalue weighted by Crippen LogP contribution is 2.40. The second-order valence-electron chi connectivity index (χ2n) is 8.84. The maximum atomic E-state index is 13.9. The highest BCUT2D eigenvalue weighted by Gasteiger charge is 2.40. The molecule has 0 unspecified atom stereocenters. The Balaban J connectivity index is 1.63. The molecule has 0 fully saturated rings. The molecule has 4 rings (SSSR count). The van der Waals surface area contributed by atoms with Crippen molar-refractivity contribution >= 4 is 34.2 Å². The van der Waals surface area contributed by atoms with Gasteiger partial charge in [0.05, 0.1) is 5.39 Å². The van der Waals surface area contributed by atoms with Gasteiger partial charge in [-0.25, -0.2) is 0 Å². The van der Waals surface area contributed by atoms with Crippen molar-refractivity contribution in [1.82, 2.24) is 0 Å². The van der Waals surface area contributed by atoms with Crippen LogP contribution in [-0.4, -0.2) is 12.5 Å². The Morgan fingerprint density at radius 3 is 2.50 bits per heavy atom. The van der Waals surface area contributed by atoms with Crippen LogP contribution in [0.15, 0.2) is 69.9 Å². The molecular weight excluding hydrogens is 523 g/mol. The number of aryl methyl sites for hydroxylation is 1. The van der Waals surface area contributed by atoms with E-state index < -0.39 is 35.6 Å². The smallest absolute Gasteiger partial charge is 0.453 e. The molecular formula is C28H23ClF3NO5. The molecule has 4 aromatic rings. The summed E-state index contributed by atoms with van der Waals surface area (Å²) in [5.74, 6) is -2.92. The molecule has 6 nitrogen and oxygen atoms in total. The summed E-state index contributed by atoms with van der Waals surface area (Å²) in [6, 6.07) is 15.2. The Hall–Kier alpha value is -3.98. The number of fused-ring (bicyclic) bond motifs is 1. The number of para-hydroxylation sites is 1. The van der Waals surface area contributed by atoms with Gasteiger partial charge in [0.2, 0.25) is 11.2 Å². The number of hydrogen-bond acceptors (Lipinski definition) is 5. The SMILES string of the molecule is Cc1cc(Cl)ccc1NC(=O)COc1ccc2c(=O)c(Oc3ccccc3C(C)C)c(C(F)(F)F)oc2c1. The first kappa shape index (κ1) is 27.1. The van der Waals surface area contributed by atoms with Crippen molar-refractivity contribution in [3.63, 3.8) is 0 Å². The lowest BCUT2D eigenvalue weighted by Crippen LogP contribution is -2.20. The van der Waals surface area contributed by atoms with Crippen molar-refractivity contribution in [1.29, 1.82) is 0 Å². The van der Waals surface area contributed by atoms with Crippen LogP contribution in [0.4, 0.5) is 18.9 Å². The summed E-state index contributed by atoms with van der Waals surface area (Å²) in [7, 11) is 0. The van der Waals surface area contributed by atoms with E-state index in [-0.39, 0.29) is 28.4 Å². The minimum absolute atomic E-state index is 0.0376. The van der Waals surface area contributed by atoms with Crippen LogP contribution in [0.25, 0.3) is 11.0 Å². The monoisotopic (exact) mass is 545 g/mol. The second-order valence-corrected chi connectivity index (χ2v) is 9.27. The van der Waals surface area contributed by atoms with E-state index in [1.165, 1.54) is 18.2 Å². The van der Waals surface area contributed by atoms with Crippen LogP contribution in [0.3, 0.4) is 0 Å². The summed E-state index contributed by atoms with van der Waals surface area (Å²) in [6.07, 6.45) is -5.01. The summed E-state index contributed by atoms with van der Waals surface area (Å²) in [4.78, 5) is 25.4. The highest BCUT2D eigenvalue weighted by atomic mass is 35.5. The van der Waals surface area contributed by atoms with E-state index in [1.54, 1.807) is 43.3 Å². The number of anilines is 1. The van der Waals surface area contributed by atoms with Crippen LogP contribution >= 0.6 is 11.6 Å². The molecule has 198 valence electrons. The lowest BCUT2D eigenvalue weighted by molar-refractivity contribution is -0.154. The number of carbonyl (C=O) groups excluding carboxylic acids is 1. The number of ether oxygens (including phenoxy) is 2. The van der Waals surface area contributed by atoms with Gasteiger partial charge < -0.3 is 19.2 Å². The quantitative estimate of drug-likeness (QED) is 0.257. The third-order valence-electron chi connectivity index (χ3n) is 5.67. The molecule has 0 spiro atoms. The zero-order chi connectivity index (χ0) is 27.6. The van der Waals surface area contributed by atoms with Gasteiger partial charge in [-0.3, -0.25) is 9.59 Å². The number of benzene rings is 3. The maximum Gasteiger partial charge on any atom is 0.453 e. The van der Waals surface area contributed by atoms with E-state index >= 15 is 0 Å². The van der Waals surface area contributed by atoms with Crippen molar-refractivity contribution in [2.45, 2.75) is 32.9 Å². The lowest BCUT2D eigenvalue weighted by Gasteiger charge is -2.16. The molecule has 0 atom stereocenters. The molecule has 0 saturated carbocycles. The summed E-state index contributed by atoms with van der Waals surface area (Å²) in [5.41, 5.74) is 0.565. The summed E-state index contributed by atoms with van der Waals surface area (Å²) in [5, 5.41) is 3.05. The lowest BCUT2D eigenvalue weighted by atomic mass is 10.0. The highest BCUT2D eigenvalue weighted by molar-refractivity contribution is 6.30. The number of carbonyl (C=O) groups is 1. The molecule has 0 aliphatic carbocycles. The number of nitrogens with one attached hydrogen (secondary N) is 1. The molecule has 1 N–H and O–H groups in total. The van der Waals surface area contributed by atoms with Crippen molar-refractivity contribution in [3.8, 4) is 17.2 Å². The fourth-order valence-corrected chi connectivity index (χ4v) is 4.02. The molecule has 1 amide bonds. The molecule has 0 saturated heterocycles. The van der Waals surface area contributed by atoms with Gasteiger partial charge in [0.15, 0.2) is 6.61 Å². The number of halogens is 4. The normalized spacial score (nSPS) is 11.6. The first-order valence-electron chi connectivity index (χ1n) is 11.6. The van der Waals surface area contributed by atoms with Gasteiger partial charge in [-0.1, -0.05) is 43.6 Å². The first-order chi connectivity index (χ1) is 17.9. The van der Waals surface area contributed by atoms with E-state index in [0.717, 1.165) is 11.6 Å². The molecule has 1 aromatic heterocycles. The number of amides is 1. The Morgan fingerprint density at radius 1 is 1.08 bits per heavy atom. The first-order valence-corrected chi connectivity index (χ1v) is 12.0. The van der Waals surface area contributed by atoms with Gasteiger partial charge in [-0.05, 0) is 60.4 Å². The third kappa shape index (κ3) is 5.94. The molecule has 0 radical (unpaired) electrons. The van der Waals surface area contributed by atoms with Crippen molar-refractivity contribution in [2.24, 2.45) is 0 Å². The van der Waals surface area contributed by atoms with E-state index in [0.29, 0.717) is 16.3 Å². The molecule has 0 aliphatic rings. The average Bonchev–Trinajstić information content (AvgIpc) is 2.85. The van der Waals surface area contributed by atoms with Gasteiger partial charge in [-0.2, -0.15) is 13.2 Å². The fourth-order valence-electron chi connectivity index (χ4n) is 3.79. The topological polar surface area (TPSA) is 77.8 Å². The largest absolute Gasteiger partial charge is 0.484 e. The predicted octanol–water partition coefficient (Wildman–Crippen LogP) is 7.71. The minimum atomic E-state index is -5.01. The van der Waals surface area contributed by atoms with Crippen LogP contribution in [0.1, 0.15) is 36.7 Å². The second kappa shape index (κ2) is 10.8. The Bertz CT molecular complexity index is 1560. The summed E-state index contributed by atoms with van der Waals surface area (Å²) >= 11 is 5.92. The van der Waals surface area contributed by atoms with Gasteiger partial charge in [0, 0.05) is 16.8 Å². The van der Waals surface area contributed by atoms with Gasteiger partial charge in [0.25, 0.3) is 11.7 Å². The van der Waals surface area contributed by atoms with Crippen molar-refractivity contribution in [3.05, 3.63) is 92.8 Å². The maximum absolute atomic E-state index is 13.9. The van der Waals surface area contributed by atoms with Crippen LogP contribution in [-0.2, 0) is 11.0 Å². The predicted molar refractivity (Wildman–Crippen MR) is 138 cm³/mol. The third-order valence-corrected chi connectivity index (χ3v) is 5.90. The van der Waals surface area contributed by atoms with Crippen LogP contribution in [0.5, 0.6) is 17.2 Å². The average molecular weight is 546 g/mol. The summed E-state index contributed by atoms with van der Waals surface area (Å²) in [6.45, 7) is 5.05. The zero-order valence-electron chi connectivity index (χ0n) is 20.6. The molecule has 0 bridgehead atoms. The molecule has 10 heteroatoms. The molecule has 0 aliphatic heterocycles. The molecule has 38 heavy (non-hydrogen) atoms. The number of hydrogen-bond donors (Lipinski definition) is 1. The molecule has 1 heterocycles. The van der Waals surface area contributed by atoms with Crippen molar-refractivity contribution in [2.75, 3.05) is 11.9 Å². The van der Waals surface area contributed by atoms with E-state index in [4.69, 9.17) is 25.5 Å². The van der Waals surface area contributed by atoms with Gasteiger partial charge in [-0.15, -0.1) is 0 Å².